The standard InChI is InChI=1S/C29H37N3O4/c1-19-12-22-16-32(17-29(3,4)24(22)13-20(19)2)28(34)21-6-5-10-31(15-21)11-9-27(33)30-23-7-8-25-26(14-23)36-18-35-25/h7-8,12-14,21H,5-6,9-11,15-18H2,1-4H3,(H,30,33). The van der Waals surface area contributed by atoms with Crippen LogP contribution in [0.2, 0.25) is 0 Å². The van der Waals surface area contributed by atoms with E-state index in [1.807, 2.05) is 12.1 Å². The number of carbonyl (C=O) groups is 2. The first kappa shape index (κ1) is 24.6. The summed E-state index contributed by atoms with van der Waals surface area (Å²) in [5.41, 5.74) is 5.87. The van der Waals surface area contributed by atoms with Crippen molar-refractivity contribution in [3.8, 4) is 11.5 Å². The summed E-state index contributed by atoms with van der Waals surface area (Å²) in [6.07, 6.45) is 2.28. The van der Waals surface area contributed by atoms with Gasteiger partial charge in [0.05, 0.1) is 5.92 Å². The Hall–Kier alpha value is -3.06. The predicted octanol–water partition coefficient (Wildman–Crippen LogP) is 4.39. The van der Waals surface area contributed by atoms with E-state index in [-0.39, 0.29) is 29.9 Å². The molecule has 2 amide bonds. The molecule has 0 radical (unpaired) electrons. The molecule has 3 aliphatic heterocycles. The monoisotopic (exact) mass is 491 g/mol. The summed E-state index contributed by atoms with van der Waals surface area (Å²) < 4.78 is 10.7. The molecule has 1 atom stereocenters. The molecule has 2 aromatic carbocycles. The van der Waals surface area contributed by atoms with Crippen molar-refractivity contribution in [2.45, 2.75) is 58.9 Å². The van der Waals surface area contributed by atoms with Crippen LogP contribution >= 0.6 is 0 Å². The van der Waals surface area contributed by atoms with Crippen LogP contribution in [-0.2, 0) is 21.5 Å². The minimum atomic E-state index is -0.0666. The van der Waals surface area contributed by atoms with Crippen molar-refractivity contribution in [3.05, 3.63) is 52.6 Å². The van der Waals surface area contributed by atoms with Crippen LogP contribution < -0.4 is 14.8 Å². The number of fused-ring (bicyclic) bond motifs is 2. The Kier molecular flexibility index (Phi) is 6.68. The van der Waals surface area contributed by atoms with Crippen LogP contribution in [0.4, 0.5) is 5.69 Å². The van der Waals surface area contributed by atoms with Gasteiger partial charge in [-0.1, -0.05) is 26.0 Å². The van der Waals surface area contributed by atoms with Crippen molar-refractivity contribution < 1.29 is 19.1 Å². The summed E-state index contributed by atoms with van der Waals surface area (Å²) >= 11 is 0. The van der Waals surface area contributed by atoms with E-state index < -0.39 is 0 Å². The number of hydrogen-bond donors (Lipinski definition) is 1. The second-order valence-electron chi connectivity index (χ2n) is 11.2. The number of aryl methyl sites for hydroxylation is 2. The molecule has 192 valence electrons. The zero-order valence-corrected chi connectivity index (χ0v) is 21.9. The van der Waals surface area contributed by atoms with Crippen molar-refractivity contribution in [1.82, 2.24) is 9.80 Å². The van der Waals surface area contributed by atoms with Crippen molar-refractivity contribution in [2.24, 2.45) is 5.92 Å². The lowest BCUT2D eigenvalue weighted by molar-refractivity contribution is -0.139. The maximum absolute atomic E-state index is 13.6. The lowest BCUT2D eigenvalue weighted by Gasteiger charge is -2.43. The molecule has 1 unspecified atom stereocenters. The summed E-state index contributed by atoms with van der Waals surface area (Å²) in [6, 6.07) is 9.99. The molecule has 36 heavy (non-hydrogen) atoms. The molecule has 5 rings (SSSR count). The third-order valence-electron chi connectivity index (χ3n) is 7.87. The third-order valence-corrected chi connectivity index (χ3v) is 7.87. The van der Waals surface area contributed by atoms with E-state index in [2.05, 4.69) is 54.9 Å². The highest BCUT2D eigenvalue weighted by atomic mass is 16.7. The van der Waals surface area contributed by atoms with E-state index in [0.29, 0.717) is 43.2 Å². The lowest BCUT2D eigenvalue weighted by Crippen LogP contribution is -2.50. The normalized spacial score (nSPS) is 20.7. The van der Waals surface area contributed by atoms with E-state index in [1.54, 1.807) is 6.07 Å². The van der Waals surface area contributed by atoms with E-state index in [9.17, 15) is 9.59 Å². The highest BCUT2D eigenvalue weighted by Crippen LogP contribution is 2.36. The van der Waals surface area contributed by atoms with E-state index in [4.69, 9.17) is 9.47 Å². The number of carbonyl (C=O) groups excluding carboxylic acids is 2. The van der Waals surface area contributed by atoms with Gasteiger partial charge in [-0.15, -0.1) is 0 Å². The Morgan fingerprint density at radius 2 is 1.86 bits per heavy atom. The third kappa shape index (κ3) is 5.07. The predicted molar refractivity (Wildman–Crippen MR) is 139 cm³/mol. The summed E-state index contributed by atoms with van der Waals surface area (Å²) in [5.74, 6) is 1.55. The topological polar surface area (TPSA) is 71.1 Å². The Morgan fingerprint density at radius 1 is 1.08 bits per heavy atom. The Balaban J connectivity index is 1.16. The number of anilines is 1. The van der Waals surface area contributed by atoms with Crippen molar-refractivity contribution in [2.75, 3.05) is 38.3 Å². The van der Waals surface area contributed by atoms with Crippen LogP contribution in [0, 0.1) is 19.8 Å². The highest BCUT2D eigenvalue weighted by molar-refractivity contribution is 5.91. The van der Waals surface area contributed by atoms with Crippen LogP contribution in [0.3, 0.4) is 0 Å². The highest BCUT2D eigenvalue weighted by Gasteiger charge is 2.37. The molecular weight excluding hydrogens is 454 g/mol. The summed E-state index contributed by atoms with van der Waals surface area (Å²) in [7, 11) is 0. The Bertz CT molecular complexity index is 1180. The smallest absolute Gasteiger partial charge is 0.231 e. The van der Waals surface area contributed by atoms with Crippen LogP contribution in [0.1, 0.15) is 55.4 Å². The summed E-state index contributed by atoms with van der Waals surface area (Å²) in [5, 5.41) is 2.95. The van der Waals surface area contributed by atoms with Crippen molar-refractivity contribution in [3.63, 3.8) is 0 Å². The number of likely N-dealkylation sites (tertiary alicyclic amines) is 1. The maximum Gasteiger partial charge on any atom is 0.231 e. The van der Waals surface area contributed by atoms with Gasteiger partial charge in [-0.2, -0.15) is 0 Å². The fourth-order valence-corrected chi connectivity index (χ4v) is 5.79. The van der Waals surface area contributed by atoms with E-state index >= 15 is 0 Å². The lowest BCUT2D eigenvalue weighted by atomic mass is 9.76. The molecule has 3 heterocycles. The number of amides is 2. The number of hydrogen-bond acceptors (Lipinski definition) is 5. The van der Waals surface area contributed by atoms with Gasteiger partial charge in [-0.25, -0.2) is 0 Å². The van der Waals surface area contributed by atoms with Crippen molar-refractivity contribution in [1.29, 1.82) is 0 Å². The number of ether oxygens (including phenoxy) is 2. The molecule has 2 aromatic rings. The number of benzene rings is 2. The minimum absolute atomic E-state index is 0.0143. The van der Waals surface area contributed by atoms with E-state index in [1.165, 1.54) is 22.3 Å². The van der Waals surface area contributed by atoms with Gasteiger partial charge >= 0.3 is 0 Å². The number of nitrogens with one attached hydrogen (secondary N) is 1. The Morgan fingerprint density at radius 3 is 2.69 bits per heavy atom. The van der Waals surface area contributed by atoms with Crippen LogP contribution in [0.5, 0.6) is 11.5 Å². The Labute approximate surface area is 213 Å². The SMILES string of the molecule is Cc1cc2c(cc1C)C(C)(C)CN(C(=O)C1CCCN(CCC(=O)Nc3ccc4c(c3)OCO4)C1)C2. The first-order chi connectivity index (χ1) is 17.2. The zero-order valence-electron chi connectivity index (χ0n) is 21.9. The molecule has 0 aromatic heterocycles. The fraction of sp³-hybridized carbons (Fsp3) is 0.517. The second kappa shape index (κ2) is 9.77. The van der Waals surface area contributed by atoms with Crippen LogP contribution in [0.15, 0.2) is 30.3 Å². The first-order valence-electron chi connectivity index (χ1n) is 13.0. The molecule has 1 N–H and O–H groups in total. The molecule has 7 heteroatoms. The van der Waals surface area contributed by atoms with Gasteiger partial charge in [0.15, 0.2) is 11.5 Å². The minimum Gasteiger partial charge on any atom is -0.454 e. The van der Waals surface area contributed by atoms with Gasteiger partial charge in [0.1, 0.15) is 0 Å². The summed E-state index contributed by atoms with van der Waals surface area (Å²) in [6.45, 7) is 12.7. The van der Waals surface area contributed by atoms with Crippen LogP contribution in [-0.4, -0.2) is 54.6 Å². The molecule has 7 nitrogen and oxygen atoms in total. The van der Waals surface area contributed by atoms with Gasteiger partial charge in [0, 0.05) is 49.8 Å². The maximum atomic E-state index is 13.6. The van der Waals surface area contributed by atoms with E-state index in [0.717, 1.165) is 25.9 Å². The molecule has 0 saturated carbocycles. The zero-order chi connectivity index (χ0) is 25.4. The molecule has 0 spiro atoms. The molecular formula is C29H37N3O4. The van der Waals surface area contributed by atoms with Gasteiger partial charge in [-0.05, 0) is 67.6 Å². The molecule has 1 saturated heterocycles. The number of nitrogens with zero attached hydrogens (tertiary/aromatic N) is 2. The molecule has 3 aliphatic rings. The molecule has 0 aliphatic carbocycles. The molecule has 0 bridgehead atoms. The van der Waals surface area contributed by atoms with Crippen LogP contribution in [0.25, 0.3) is 0 Å². The van der Waals surface area contributed by atoms with Gasteiger partial charge in [-0.3, -0.25) is 9.59 Å². The largest absolute Gasteiger partial charge is 0.454 e. The second-order valence-corrected chi connectivity index (χ2v) is 11.2. The number of rotatable bonds is 5. The number of piperidine rings is 1. The van der Waals surface area contributed by atoms with Gasteiger partial charge < -0.3 is 24.6 Å². The van der Waals surface area contributed by atoms with Gasteiger partial charge in [0.25, 0.3) is 0 Å². The average Bonchev–Trinajstić information content (AvgIpc) is 3.31. The van der Waals surface area contributed by atoms with Crippen molar-refractivity contribution >= 4 is 17.5 Å². The average molecular weight is 492 g/mol. The first-order valence-corrected chi connectivity index (χ1v) is 13.0. The van der Waals surface area contributed by atoms with Gasteiger partial charge in [0.2, 0.25) is 18.6 Å². The summed E-state index contributed by atoms with van der Waals surface area (Å²) in [4.78, 5) is 30.5. The quantitative estimate of drug-likeness (QED) is 0.672. The molecule has 1 fully saturated rings. The fourth-order valence-electron chi connectivity index (χ4n) is 5.79.